The van der Waals surface area contributed by atoms with E-state index in [1.165, 1.54) is 5.56 Å². The number of hydrogen-bond acceptors (Lipinski definition) is 7. The minimum atomic E-state index is -0.549. The first-order valence-electron chi connectivity index (χ1n) is 15.9. The van der Waals surface area contributed by atoms with Crippen LogP contribution in [0.4, 0.5) is 4.79 Å². The van der Waals surface area contributed by atoms with Crippen molar-refractivity contribution in [1.82, 2.24) is 34.5 Å². The normalized spacial score (nSPS) is 13.4. The first-order chi connectivity index (χ1) is 22.7. The van der Waals surface area contributed by atoms with Crippen LogP contribution in [0.3, 0.4) is 0 Å². The molecule has 0 bridgehead atoms. The summed E-state index contributed by atoms with van der Waals surface area (Å²) in [6, 6.07) is 23.8. The highest BCUT2D eigenvalue weighted by atomic mass is 16.6. The van der Waals surface area contributed by atoms with Gasteiger partial charge in [-0.1, -0.05) is 42.5 Å². The molecule has 0 unspecified atom stereocenters. The van der Waals surface area contributed by atoms with Crippen molar-refractivity contribution < 1.29 is 14.3 Å². The van der Waals surface area contributed by atoms with E-state index in [9.17, 15) is 9.59 Å². The predicted molar refractivity (Wildman–Crippen MR) is 180 cm³/mol. The zero-order valence-electron chi connectivity index (χ0n) is 27.0. The topological polar surface area (TPSA) is 106 Å². The van der Waals surface area contributed by atoms with E-state index in [1.54, 1.807) is 22.2 Å². The predicted octanol–water partition coefficient (Wildman–Crippen LogP) is 5.93. The third kappa shape index (κ3) is 8.07. The van der Waals surface area contributed by atoms with Gasteiger partial charge in [-0.15, -0.1) is 0 Å². The first-order valence-corrected chi connectivity index (χ1v) is 15.9. The number of aromatic nitrogens is 5. The molecule has 2 amide bonds. The monoisotopic (exact) mass is 629 g/mol. The van der Waals surface area contributed by atoms with Crippen LogP contribution in [0, 0.1) is 0 Å². The van der Waals surface area contributed by atoms with E-state index >= 15 is 0 Å². The average molecular weight is 630 g/mol. The number of aryl methyl sites for hydroxylation is 2. The van der Waals surface area contributed by atoms with Crippen LogP contribution in [0.15, 0.2) is 97.6 Å². The van der Waals surface area contributed by atoms with Gasteiger partial charge in [0.1, 0.15) is 17.1 Å². The van der Waals surface area contributed by atoms with E-state index in [-0.39, 0.29) is 12.0 Å². The van der Waals surface area contributed by atoms with E-state index < -0.39 is 5.60 Å². The second-order valence-corrected chi connectivity index (χ2v) is 12.6. The summed E-state index contributed by atoms with van der Waals surface area (Å²) in [5, 5.41) is 4.93. The number of hydrogen-bond donors (Lipinski definition) is 0. The Morgan fingerprint density at radius 1 is 0.830 bits per heavy atom. The lowest BCUT2D eigenvalue weighted by Crippen LogP contribution is -2.51. The van der Waals surface area contributed by atoms with Gasteiger partial charge in [-0.2, -0.15) is 5.10 Å². The molecule has 0 saturated carbocycles. The quantitative estimate of drug-likeness (QED) is 0.210. The second-order valence-electron chi connectivity index (χ2n) is 12.6. The highest BCUT2D eigenvalue weighted by Crippen LogP contribution is 2.30. The number of piperazine rings is 1. The van der Waals surface area contributed by atoms with Crippen LogP contribution in [0.1, 0.15) is 48.1 Å². The molecule has 0 N–H and O–H groups in total. The fourth-order valence-electron chi connectivity index (χ4n) is 5.51. The molecule has 1 fully saturated rings. The maximum atomic E-state index is 13.2. The van der Waals surface area contributed by atoms with E-state index in [0.29, 0.717) is 44.0 Å². The number of rotatable bonds is 8. The van der Waals surface area contributed by atoms with Gasteiger partial charge in [0, 0.05) is 80.6 Å². The fourth-order valence-corrected chi connectivity index (χ4v) is 5.51. The van der Waals surface area contributed by atoms with E-state index in [2.05, 4.69) is 34.2 Å². The number of ether oxygens (including phenoxy) is 1. The molecular formula is C37H39N7O3. The van der Waals surface area contributed by atoms with Crippen LogP contribution in [-0.4, -0.2) is 78.3 Å². The summed E-state index contributed by atoms with van der Waals surface area (Å²) in [5.41, 5.74) is 5.77. The van der Waals surface area contributed by atoms with Crippen LogP contribution in [-0.2, 0) is 24.1 Å². The standard InChI is InChI=1S/C37H39N7O3/c1-37(2,3)47-36(46)43-22-20-42(21-23-43)35(45)29-13-11-28(12-14-29)24-33-39-18-15-32(40-33)31-26-44(19-16-27-8-5-4-6-9-27)41-34(31)30-10-7-17-38-25-30/h4-15,17-18,25-26H,16,19-24H2,1-3H3. The zero-order chi connectivity index (χ0) is 32.8. The van der Waals surface area contributed by atoms with Crippen molar-refractivity contribution in [3.05, 3.63) is 120 Å². The van der Waals surface area contributed by atoms with Crippen LogP contribution < -0.4 is 0 Å². The van der Waals surface area contributed by atoms with Gasteiger partial charge in [0.15, 0.2) is 0 Å². The van der Waals surface area contributed by atoms with Crippen LogP contribution >= 0.6 is 0 Å². The lowest BCUT2D eigenvalue weighted by atomic mass is 10.1. The summed E-state index contributed by atoms with van der Waals surface area (Å²) in [5.74, 6) is 0.625. The Morgan fingerprint density at radius 3 is 2.28 bits per heavy atom. The highest BCUT2D eigenvalue weighted by molar-refractivity contribution is 5.94. The molecule has 0 aliphatic carbocycles. The van der Waals surface area contributed by atoms with Crippen molar-refractivity contribution in [3.8, 4) is 22.5 Å². The van der Waals surface area contributed by atoms with Crippen LogP contribution in [0.2, 0.25) is 0 Å². The second kappa shape index (κ2) is 13.9. The molecule has 240 valence electrons. The summed E-state index contributed by atoms with van der Waals surface area (Å²) in [4.78, 5) is 42.8. The summed E-state index contributed by atoms with van der Waals surface area (Å²) in [6.07, 6.45) is 8.44. The number of carbonyl (C=O) groups excluding carboxylic acids is 2. The maximum absolute atomic E-state index is 13.2. The zero-order valence-corrected chi connectivity index (χ0v) is 27.0. The Balaban J connectivity index is 1.13. The molecule has 6 rings (SSSR count). The van der Waals surface area contributed by atoms with Gasteiger partial charge in [-0.05, 0) is 68.7 Å². The molecule has 0 radical (unpaired) electrons. The summed E-state index contributed by atoms with van der Waals surface area (Å²) >= 11 is 0. The molecule has 1 aliphatic rings. The summed E-state index contributed by atoms with van der Waals surface area (Å²) in [6.45, 7) is 8.09. The largest absolute Gasteiger partial charge is 0.444 e. The molecule has 1 saturated heterocycles. The van der Waals surface area contributed by atoms with E-state index in [1.807, 2.05) is 86.4 Å². The van der Waals surface area contributed by atoms with Gasteiger partial charge in [0.2, 0.25) is 0 Å². The summed E-state index contributed by atoms with van der Waals surface area (Å²) in [7, 11) is 0. The SMILES string of the molecule is CC(C)(C)OC(=O)N1CCN(C(=O)c2ccc(Cc3nccc(-c4cn(CCc5ccccc5)nc4-c4cccnc4)n3)cc2)CC1. The van der Waals surface area contributed by atoms with E-state index in [0.717, 1.165) is 41.0 Å². The van der Waals surface area contributed by atoms with Gasteiger partial charge in [0.25, 0.3) is 5.91 Å². The van der Waals surface area contributed by atoms with Crippen molar-refractivity contribution >= 4 is 12.0 Å². The number of pyridine rings is 1. The maximum Gasteiger partial charge on any atom is 0.410 e. The smallest absolute Gasteiger partial charge is 0.410 e. The molecule has 47 heavy (non-hydrogen) atoms. The number of nitrogens with zero attached hydrogens (tertiary/aromatic N) is 7. The molecule has 0 atom stereocenters. The lowest BCUT2D eigenvalue weighted by molar-refractivity contribution is 0.0141. The van der Waals surface area contributed by atoms with Crippen LogP contribution in [0.25, 0.3) is 22.5 Å². The van der Waals surface area contributed by atoms with Crippen LogP contribution in [0.5, 0.6) is 0 Å². The number of benzene rings is 2. The van der Waals surface area contributed by atoms with Crippen molar-refractivity contribution in [2.45, 2.75) is 45.8 Å². The molecule has 5 aromatic rings. The number of amides is 2. The Bertz CT molecular complexity index is 1810. The molecule has 4 heterocycles. The van der Waals surface area contributed by atoms with E-state index in [4.69, 9.17) is 14.8 Å². The minimum absolute atomic E-state index is 0.0501. The molecule has 3 aromatic heterocycles. The van der Waals surface area contributed by atoms with Gasteiger partial charge < -0.3 is 14.5 Å². The Labute approximate surface area is 275 Å². The van der Waals surface area contributed by atoms with Gasteiger partial charge >= 0.3 is 6.09 Å². The van der Waals surface area contributed by atoms with Gasteiger partial charge in [-0.3, -0.25) is 14.5 Å². The Hall–Kier alpha value is -5.38. The molecule has 2 aromatic carbocycles. The first kappa shape index (κ1) is 31.6. The van der Waals surface area contributed by atoms with Crippen molar-refractivity contribution in [1.29, 1.82) is 0 Å². The van der Waals surface area contributed by atoms with Gasteiger partial charge in [-0.25, -0.2) is 14.8 Å². The highest BCUT2D eigenvalue weighted by Gasteiger charge is 2.28. The third-order valence-corrected chi connectivity index (χ3v) is 7.93. The minimum Gasteiger partial charge on any atom is -0.444 e. The Morgan fingerprint density at radius 2 is 1.57 bits per heavy atom. The lowest BCUT2D eigenvalue weighted by Gasteiger charge is -2.35. The summed E-state index contributed by atoms with van der Waals surface area (Å²) < 4.78 is 7.44. The average Bonchev–Trinajstić information content (AvgIpc) is 3.52. The van der Waals surface area contributed by atoms with Crippen molar-refractivity contribution in [2.75, 3.05) is 26.2 Å². The van der Waals surface area contributed by atoms with Gasteiger partial charge in [0.05, 0.1) is 5.69 Å². The Kier molecular flexibility index (Phi) is 9.37. The molecule has 0 spiro atoms. The third-order valence-electron chi connectivity index (χ3n) is 7.93. The molecule has 10 nitrogen and oxygen atoms in total. The molecule has 1 aliphatic heterocycles. The molecule has 10 heteroatoms. The fraction of sp³-hybridized carbons (Fsp3) is 0.297. The molecular weight excluding hydrogens is 590 g/mol. The van der Waals surface area contributed by atoms with Crippen molar-refractivity contribution in [2.24, 2.45) is 0 Å². The van der Waals surface area contributed by atoms with Crippen molar-refractivity contribution in [3.63, 3.8) is 0 Å². The number of carbonyl (C=O) groups is 2.